The highest BCUT2D eigenvalue weighted by molar-refractivity contribution is 6.46. The number of hydrogen-bond donors (Lipinski definition) is 4. The quantitative estimate of drug-likeness (QED) is 0.204. The number of aliphatic imine (C=N–C) groups is 1. The Bertz CT molecular complexity index is 1410. The first-order valence-electron chi connectivity index (χ1n) is 10.9. The van der Waals surface area contributed by atoms with Crippen LogP contribution in [0, 0.1) is 20.2 Å². The summed E-state index contributed by atoms with van der Waals surface area (Å²) in [4.78, 5) is 37.7. The number of rotatable bonds is 8. The van der Waals surface area contributed by atoms with E-state index in [-0.39, 0.29) is 46.2 Å². The molecule has 0 radical (unpaired) electrons. The Balaban J connectivity index is 1.69. The molecule has 0 fully saturated rings. The van der Waals surface area contributed by atoms with Crippen LogP contribution in [0.5, 0.6) is 0 Å². The van der Waals surface area contributed by atoms with E-state index in [4.69, 9.17) is 0 Å². The minimum absolute atomic E-state index is 0.00890. The molecule has 1 aliphatic heterocycles. The second-order valence-electron chi connectivity index (χ2n) is 7.95. The number of hydrazone groups is 1. The predicted molar refractivity (Wildman–Crippen MR) is 134 cm³/mol. The summed E-state index contributed by atoms with van der Waals surface area (Å²) < 4.78 is 0. The first-order valence-corrected chi connectivity index (χ1v) is 10.9. The Labute approximate surface area is 209 Å². The number of fused-ring (bicyclic) bond motifs is 1. The van der Waals surface area contributed by atoms with Crippen LogP contribution in [-0.2, 0) is 11.2 Å². The zero-order valence-corrected chi connectivity index (χ0v) is 19.0. The van der Waals surface area contributed by atoms with Gasteiger partial charge in [-0.3, -0.25) is 25.0 Å². The fraction of sp³-hybridized carbons (Fsp3) is 0.125. The molecule has 37 heavy (non-hydrogen) atoms. The smallest absolute Gasteiger partial charge is 0.271 e. The lowest BCUT2D eigenvalue weighted by Crippen LogP contribution is -2.40. The van der Waals surface area contributed by atoms with Crippen molar-refractivity contribution in [3.8, 4) is 0 Å². The fourth-order valence-corrected chi connectivity index (χ4v) is 3.59. The van der Waals surface area contributed by atoms with E-state index in [1.54, 1.807) is 30.3 Å². The molecule has 4 rings (SSSR count). The third-order valence-corrected chi connectivity index (χ3v) is 5.43. The largest absolute Gasteiger partial charge is 0.382 e. The number of non-ortho nitro benzene ring substituents is 2. The minimum atomic E-state index is -1.55. The number of aliphatic hydroxyl groups is 2. The van der Waals surface area contributed by atoms with Crippen molar-refractivity contribution < 1.29 is 24.9 Å². The van der Waals surface area contributed by atoms with Gasteiger partial charge in [-0.15, -0.1) is 0 Å². The van der Waals surface area contributed by atoms with Gasteiger partial charge in [0, 0.05) is 24.3 Å². The van der Waals surface area contributed by atoms with Gasteiger partial charge in [-0.2, -0.15) is 5.10 Å². The summed E-state index contributed by atoms with van der Waals surface area (Å²) in [5.74, 6) is -0.505. The summed E-state index contributed by atoms with van der Waals surface area (Å²) in [5.41, 5.74) is 2.86. The zero-order chi connectivity index (χ0) is 26.5. The molecule has 0 aliphatic carbocycles. The van der Waals surface area contributed by atoms with E-state index in [0.29, 0.717) is 0 Å². The van der Waals surface area contributed by atoms with E-state index in [2.05, 4.69) is 20.8 Å². The molecule has 13 nitrogen and oxygen atoms in total. The van der Waals surface area contributed by atoms with Crippen LogP contribution in [0.15, 0.2) is 82.9 Å². The summed E-state index contributed by atoms with van der Waals surface area (Å²) >= 11 is 0. The molecule has 1 amide bonds. The minimum Gasteiger partial charge on any atom is -0.382 e. The summed E-state index contributed by atoms with van der Waals surface area (Å²) in [6.45, 7) is 0. The molecule has 3 aromatic rings. The Morgan fingerprint density at radius 1 is 1.03 bits per heavy atom. The molecule has 2 unspecified atom stereocenters. The number of nitrogens with one attached hydrogen (secondary N) is 2. The number of nitro groups is 2. The molecule has 2 atom stereocenters. The summed E-state index contributed by atoms with van der Waals surface area (Å²) in [6.07, 6.45) is -3.11. The van der Waals surface area contributed by atoms with Crippen LogP contribution in [0.1, 0.15) is 17.2 Å². The number of nitro benzene ring substituents is 2. The molecular formula is C24H20N6O7. The molecule has 0 spiro atoms. The molecule has 1 aliphatic rings. The van der Waals surface area contributed by atoms with E-state index >= 15 is 0 Å². The monoisotopic (exact) mass is 504 g/mol. The maximum atomic E-state index is 12.5. The highest BCUT2D eigenvalue weighted by atomic mass is 16.6. The lowest BCUT2D eigenvalue weighted by atomic mass is 9.99. The van der Waals surface area contributed by atoms with Gasteiger partial charge in [0.1, 0.15) is 17.5 Å². The van der Waals surface area contributed by atoms with Crippen molar-refractivity contribution >= 4 is 40.1 Å². The maximum absolute atomic E-state index is 12.5. The summed E-state index contributed by atoms with van der Waals surface area (Å²) in [5, 5.41) is 50.6. The fourth-order valence-electron chi connectivity index (χ4n) is 3.59. The second-order valence-corrected chi connectivity index (χ2v) is 7.95. The highest BCUT2D eigenvalue weighted by Gasteiger charge is 2.31. The van der Waals surface area contributed by atoms with Gasteiger partial charge in [0.2, 0.25) is 5.91 Å². The number of carbonyl (C=O) groups is 1. The molecule has 0 aromatic heterocycles. The Morgan fingerprint density at radius 2 is 1.68 bits per heavy atom. The van der Waals surface area contributed by atoms with Crippen LogP contribution in [-0.4, -0.2) is 43.6 Å². The van der Waals surface area contributed by atoms with Crippen molar-refractivity contribution in [2.75, 3.05) is 5.32 Å². The Hall–Kier alpha value is -5.01. The number of hydrogen-bond acceptors (Lipinski definition) is 10. The zero-order valence-electron chi connectivity index (χ0n) is 19.0. The van der Waals surface area contributed by atoms with Gasteiger partial charge < -0.3 is 15.5 Å². The molecule has 3 aromatic carbocycles. The molecule has 1 heterocycles. The van der Waals surface area contributed by atoms with Crippen LogP contribution in [0.2, 0.25) is 0 Å². The van der Waals surface area contributed by atoms with Crippen molar-refractivity contribution in [3.05, 3.63) is 104 Å². The number of carbonyl (C=O) groups excluding carboxylic acids is 1. The van der Waals surface area contributed by atoms with Gasteiger partial charge in [0.05, 0.1) is 27.6 Å². The van der Waals surface area contributed by atoms with E-state index in [1.807, 2.05) is 0 Å². The molecule has 0 saturated carbocycles. The number of amides is 1. The van der Waals surface area contributed by atoms with Crippen LogP contribution in [0.4, 0.5) is 22.7 Å². The van der Waals surface area contributed by atoms with Crippen LogP contribution in [0.3, 0.4) is 0 Å². The number of benzene rings is 3. The van der Waals surface area contributed by atoms with Gasteiger partial charge >= 0.3 is 0 Å². The predicted octanol–water partition coefficient (Wildman–Crippen LogP) is 2.77. The van der Waals surface area contributed by atoms with E-state index in [9.17, 15) is 35.2 Å². The van der Waals surface area contributed by atoms with Gasteiger partial charge in [0.25, 0.3) is 11.4 Å². The maximum Gasteiger partial charge on any atom is 0.271 e. The number of aliphatic hydroxyl groups excluding tert-OH is 2. The summed E-state index contributed by atoms with van der Waals surface area (Å²) in [7, 11) is 0. The highest BCUT2D eigenvalue weighted by Crippen LogP contribution is 2.34. The SMILES string of the molecule is O=C(Cc1ccccc1)N/N=C(/C1=Nc2ccc([N+](=O)[O-])cc2NC1O)C(O)c1ccc([N+](=O)[O-])cc1. The number of nitrogens with zero attached hydrogens (tertiary/aromatic N) is 4. The Kier molecular flexibility index (Phi) is 7.27. The van der Waals surface area contributed by atoms with Crippen molar-refractivity contribution in [2.45, 2.75) is 18.8 Å². The molecule has 4 N–H and O–H groups in total. The average Bonchev–Trinajstić information content (AvgIpc) is 2.89. The van der Waals surface area contributed by atoms with Crippen molar-refractivity contribution in [1.29, 1.82) is 0 Å². The Morgan fingerprint density at radius 3 is 2.32 bits per heavy atom. The van der Waals surface area contributed by atoms with Gasteiger partial charge in [-0.05, 0) is 29.3 Å². The first-order chi connectivity index (χ1) is 17.7. The van der Waals surface area contributed by atoms with Gasteiger partial charge in [0.15, 0.2) is 6.23 Å². The molecule has 188 valence electrons. The standard InChI is InChI=1S/C24H20N6O7/c31-20(12-14-4-2-1-3-5-14)27-28-21(23(32)15-6-8-16(9-7-15)29(34)35)22-24(33)26-19-13-17(30(36)37)10-11-18(19)25-22/h1-11,13,23-24,26,32-33H,12H2,(H,27,31)/b28-21-. The number of anilines is 1. The average molecular weight is 504 g/mol. The van der Waals surface area contributed by atoms with Crippen molar-refractivity contribution in [3.63, 3.8) is 0 Å². The summed E-state index contributed by atoms with van der Waals surface area (Å²) in [6, 6.07) is 17.6. The first kappa shape index (κ1) is 25.1. The van der Waals surface area contributed by atoms with E-state index < -0.39 is 28.1 Å². The second kappa shape index (κ2) is 10.7. The topological polar surface area (TPSA) is 193 Å². The van der Waals surface area contributed by atoms with Crippen LogP contribution < -0.4 is 10.7 Å². The third-order valence-electron chi connectivity index (χ3n) is 5.43. The molecule has 13 heteroatoms. The van der Waals surface area contributed by atoms with Crippen LogP contribution in [0.25, 0.3) is 0 Å². The van der Waals surface area contributed by atoms with E-state index in [0.717, 1.165) is 5.56 Å². The van der Waals surface area contributed by atoms with E-state index in [1.165, 1.54) is 42.5 Å². The molecular weight excluding hydrogens is 484 g/mol. The van der Waals surface area contributed by atoms with Crippen LogP contribution >= 0.6 is 0 Å². The van der Waals surface area contributed by atoms with Crippen molar-refractivity contribution in [2.24, 2.45) is 10.1 Å². The van der Waals surface area contributed by atoms with Gasteiger partial charge in [-0.1, -0.05) is 30.3 Å². The molecule has 0 bridgehead atoms. The lowest BCUT2D eigenvalue weighted by molar-refractivity contribution is -0.385. The van der Waals surface area contributed by atoms with Crippen molar-refractivity contribution in [1.82, 2.24) is 5.43 Å². The third kappa shape index (κ3) is 5.80. The van der Waals surface area contributed by atoms with Gasteiger partial charge in [-0.25, -0.2) is 10.4 Å². The normalized spacial score (nSPS) is 15.6. The lowest BCUT2D eigenvalue weighted by Gasteiger charge is -2.25. The molecule has 0 saturated heterocycles.